The molecular weight excluding hydrogens is 332 g/mol. The third kappa shape index (κ3) is 4.75. The molecule has 1 aliphatic heterocycles. The number of alkyl halides is 2. The molecule has 1 aromatic heterocycles. The van der Waals surface area contributed by atoms with Gasteiger partial charge in [0.2, 0.25) is 5.95 Å². The predicted octanol–water partition coefficient (Wildman–Crippen LogP) is 3.32. The third-order valence-electron chi connectivity index (χ3n) is 3.60. The van der Waals surface area contributed by atoms with E-state index >= 15 is 0 Å². The summed E-state index contributed by atoms with van der Waals surface area (Å²) in [6.07, 6.45) is 5.30. The van der Waals surface area contributed by atoms with Crippen molar-refractivity contribution in [1.82, 2.24) is 9.97 Å². The standard InChI is InChI=1S/C16H17F2N5O2/c17-14(18)25-13-5-3-4-11(8-13)21-16(24)22-12-9-19-15(20-10-12)23-6-1-2-7-23/h3-5,8-10,14H,1-2,6-7H2,(H2,21,22,24). The van der Waals surface area contributed by atoms with Gasteiger partial charge in [0.15, 0.2) is 0 Å². The lowest BCUT2D eigenvalue weighted by molar-refractivity contribution is -0.0497. The Morgan fingerprint density at radius 1 is 1.12 bits per heavy atom. The zero-order valence-electron chi connectivity index (χ0n) is 13.3. The molecule has 0 atom stereocenters. The van der Waals surface area contributed by atoms with Gasteiger partial charge in [0.1, 0.15) is 5.75 Å². The first-order chi connectivity index (χ1) is 12.1. The molecule has 7 nitrogen and oxygen atoms in total. The lowest BCUT2D eigenvalue weighted by atomic mass is 10.3. The lowest BCUT2D eigenvalue weighted by Gasteiger charge is -2.15. The van der Waals surface area contributed by atoms with E-state index in [1.807, 2.05) is 0 Å². The summed E-state index contributed by atoms with van der Waals surface area (Å²) in [5.41, 5.74) is 0.755. The van der Waals surface area contributed by atoms with Gasteiger partial charge in [-0.1, -0.05) is 6.07 Å². The molecule has 3 rings (SSSR count). The molecule has 2 amide bonds. The maximum absolute atomic E-state index is 12.2. The quantitative estimate of drug-likeness (QED) is 0.866. The molecular formula is C16H17F2N5O2. The van der Waals surface area contributed by atoms with E-state index in [2.05, 4.69) is 30.2 Å². The number of amides is 2. The van der Waals surface area contributed by atoms with E-state index in [4.69, 9.17) is 0 Å². The smallest absolute Gasteiger partial charge is 0.387 e. The topological polar surface area (TPSA) is 79.4 Å². The van der Waals surface area contributed by atoms with Crippen LogP contribution in [0.15, 0.2) is 36.7 Å². The Morgan fingerprint density at radius 2 is 1.80 bits per heavy atom. The van der Waals surface area contributed by atoms with Crippen molar-refractivity contribution in [3.63, 3.8) is 0 Å². The molecule has 0 saturated carbocycles. The Kier molecular flexibility index (Phi) is 5.22. The molecule has 25 heavy (non-hydrogen) atoms. The highest BCUT2D eigenvalue weighted by Gasteiger charge is 2.14. The van der Waals surface area contributed by atoms with Crippen LogP contribution in [-0.4, -0.2) is 35.7 Å². The van der Waals surface area contributed by atoms with Crippen molar-refractivity contribution < 1.29 is 18.3 Å². The van der Waals surface area contributed by atoms with Crippen LogP contribution in [0.5, 0.6) is 5.75 Å². The molecule has 1 fully saturated rings. The van der Waals surface area contributed by atoms with Crippen molar-refractivity contribution in [1.29, 1.82) is 0 Å². The van der Waals surface area contributed by atoms with Crippen molar-refractivity contribution in [2.75, 3.05) is 28.6 Å². The molecule has 0 bridgehead atoms. The highest BCUT2D eigenvalue weighted by Crippen LogP contribution is 2.20. The Labute approximate surface area is 143 Å². The van der Waals surface area contributed by atoms with Crippen LogP contribution >= 0.6 is 0 Å². The third-order valence-corrected chi connectivity index (χ3v) is 3.60. The number of ether oxygens (including phenoxy) is 1. The van der Waals surface area contributed by atoms with Crippen LogP contribution in [0.2, 0.25) is 0 Å². The van der Waals surface area contributed by atoms with Crippen LogP contribution in [0.3, 0.4) is 0 Å². The SMILES string of the molecule is O=C(Nc1cnc(N2CCCC2)nc1)Nc1cccc(OC(F)F)c1. The largest absolute Gasteiger partial charge is 0.435 e. The van der Waals surface area contributed by atoms with E-state index in [-0.39, 0.29) is 5.75 Å². The fourth-order valence-electron chi connectivity index (χ4n) is 2.51. The first kappa shape index (κ1) is 16.9. The molecule has 0 unspecified atom stereocenters. The molecule has 2 N–H and O–H groups in total. The average Bonchev–Trinajstić information content (AvgIpc) is 3.09. The second-order valence-corrected chi connectivity index (χ2v) is 5.45. The minimum absolute atomic E-state index is 0.0360. The fraction of sp³-hybridized carbons (Fsp3) is 0.312. The average molecular weight is 349 g/mol. The zero-order chi connectivity index (χ0) is 17.6. The van der Waals surface area contributed by atoms with Gasteiger partial charge in [-0.05, 0) is 25.0 Å². The Hall–Kier alpha value is -2.97. The number of rotatable bonds is 5. The van der Waals surface area contributed by atoms with Crippen LogP contribution in [-0.2, 0) is 0 Å². The summed E-state index contributed by atoms with van der Waals surface area (Å²) >= 11 is 0. The first-order valence-corrected chi connectivity index (χ1v) is 7.80. The van der Waals surface area contributed by atoms with Gasteiger partial charge < -0.3 is 20.3 Å². The van der Waals surface area contributed by atoms with Gasteiger partial charge in [-0.25, -0.2) is 14.8 Å². The molecule has 9 heteroatoms. The number of carbonyl (C=O) groups excluding carboxylic acids is 1. The molecule has 0 aliphatic carbocycles. The molecule has 2 heterocycles. The normalized spacial score (nSPS) is 13.8. The number of urea groups is 1. The maximum Gasteiger partial charge on any atom is 0.387 e. The molecule has 0 radical (unpaired) electrons. The van der Waals surface area contributed by atoms with Gasteiger partial charge in [-0.3, -0.25) is 0 Å². The van der Waals surface area contributed by atoms with E-state index < -0.39 is 12.6 Å². The van der Waals surface area contributed by atoms with E-state index in [0.717, 1.165) is 25.9 Å². The number of aromatic nitrogens is 2. The number of carbonyl (C=O) groups is 1. The number of halogens is 2. The van der Waals surface area contributed by atoms with Gasteiger partial charge in [-0.2, -0.15) is 8.78 Å². The number of nitrogens with zero attached hydrogens (tertiary/aromatic N) is 3. The van der Waals surface area contributed by atoms with Gasteiger partial charge >= 0.3 is 12.6 Å². The number of nitrogens with one attached hydrogen (secondary N) is 2. The Bertz CT molecular complexity index is 721. The van der Waals surface area contributed by atoms with Crippen molar-refractivity contribution in [2.45, 2.75) is 19.5 Å². The molecule has 132 valence electrons. The van der Waals surface area contributed by atoms with E-state index in [1.165, 1.54) is 30.6 Å². The van der Waals surface area contributed by atoms with Crippen molar-refractivity contribution in [2.24, 2.45) is 0 Å². The molecule has 1 aromatic carbocycles. The molecule has 0 spiro atoms. The zero-order valence-corrected chi connectivity index (χ0v) is 13.3. The van der Waals surface area contributed by atoms with Gasteiger partial charge in [0, 0.05) is 24.8 Å². The van der Waals surface area contributed by atoms with Crippen LogP contribution in [0.25, 0.3) is 0 Å². The van der Waals surface area contributed by atoms with E-state index in [1.54, 1.807) is 6.07 Å². The summed E-state index contributed by atoms with van der Waals surface area (Å²) in [6.45, 7) is -1.05. The Morgan fingerprint density at radius 3 is 2.48 bits per heavy atom. The number of benzene rings is 1. The minimum atomic E-state index is -2.92. The summed E-state index contributed by atoms with van der Waals surface area (Å²) in [7, 11) is 0. The molecule has 2 aromatic rings. The summed E-state index contributed by atoms with van der Waals surface area (Å²) in [6, 6.07) is 5.21. The van der Waals surface area contributed by atoms with Crippen LogP contribution in [0, 0.1) is 0 Å². The van der Waals surface area contributed by atoms with Crippen LogP contribution in [0.4, 0.5) is 30.9 Å². The van der Waals surface area contributed by atoms with Gasteiger partial charge in [0.05, 0.1) is 18.1 Å². The second-order valence-electron chi connectivity index (χ2n) is 5.45. The van der Waals surface area contributed by atoms with Gasteiger partial charge in [0.25, 0.3) is 0 Å². The summed E-state index contributed by atoms with van der Waals surface area (Å²) in [4.78, 5) is 22.5. The first-order valence-electron chi connectivity index (χ1n) is 7.80. The number of hydrogen-bond acceptors (Lipinski definition) is 5. The fourth-order valence-corrected chi connectivity index (χ4v) is 2.51. The minimum Gasteiger partial charge on any atom is -0.435 e. The summed E-state index contributed by atoms with van der Waals surface area (Å²) < 4.78 is 28.7. The maximum atomic E-state index is 12.2. The van der Waals surface area contributed by atoms with Crippen molar-refractivity contribution in [3.05, 3.63) is 36.7 Å². The molecule has 1 aliphatic rings. The summed E-state index contributed by atoms with van der Waals surface area (Å²) in [5.74, 6) is 0.603. The van der Waals surface area contributed by atoms with E-state index in [0.29, 0.717) is 17.3 Å². The second kappa shape index (κ2) is 7.73. The number of hydrogen-bond donors (Lipinski definition) is 2. The monoisotopic (exact) mass is 349 g/mol. The summed E-state index contributed by atoms with van der Waals surface area (Å²) in [5, 5.41) is 5.12. The Balaban J connectivity index is 1.57. The van der Waals surface area contributed by atoms with Crippen molar-refractivity contribution >= 4 is 23.4 Å². The van der Waals surface area contributed by atoms with Gasteiger partial charge in [-0.15, -0.1) is 0 Å². The molecule has 1 saturated heterocycles. The predicted molar refractivity (Wildman–Crippen MR) is 89.2 cm³/mol. The lowest BCUT2D eigenvalue weighted by Crippen LogP contribution is -2.22. The highest BCUT2D eigenvalue weighted by molar-refractivity contribution is 5.99. The van der Waals surface area contributed by atoms with E-state index in [9.17, 15) is 13.6 Å². The number of anilines is 3. The van der Waals surface area contributed by atoms with Crippen molar-refractivity contribution in [3.8, 4) is 5.75 Å². The highest BCUT2D eigenvalue weighted by atomic mass is 19.3. The van der Waals surface area contributed by atoms with Crippen LogP contribution in [0.1, 0.15) is 12.8 Å². The van der Waals surface area contributed by atoms with Crippen LogP contribution < -0.4 is 20.3 Å².